The van der Waals surface area contributed by atoms with Crippen molar-refractivity contribution in [3.63, 3.8) is 0 Å². The van der Waals surface area contributed by atoms with Gasteiger partial charge in [0.05, 0.1) is 6.26 Å². The van der Waals surface area contributed by atoms with Gasteiger partial charge in [-0.15, -0.1) is 10.2 Å². The van der Waals surface area contributed by atoms with Gasteiger partial charge in [0.15, 0.2) is 5.76 Å². The first-order valence-corrected chi connectivity index (χ1v) is 9.46. The number of benzene rings is 1. The van der Waals surface area contributed by atoms with Crippen LogP contribution in [0.15, 0.2) is 52.2 Å². The number of carbonyl (C=O) groups is 1. The van der Waals surface area contributed by atoms with E-state index in [1.807, 2.05) is 29.2 Å². The minimum atomic E-state index is 0.117. The van der Waals surface area contributed by atoms with Crippen LogP contribution in [0.5, 0.6) is 0 Å². The van der Waals surface area contributed by atoms with E-state index >= 15 is 0 Å². The Kier molecular flexibility index (Phi) is 4.66. The smallest absolute Gasteiger partial charge is 0.253 e. The minimum absolute atomic E-state index is 0.117. The Morgan fingerprint density at radius 3 is 2.62 bits per heavy atom. The van der Waals surface area contributed by atoms with E-state index in [-0.39, 0.29) is 5.91 Å². The van der Waals surface area contributed by atoms with Crippen LogP contribution in [0.25, 0.3) is 11.6 Å². The summed E-state index contributed by atoms with van der Waals surface area (Å²) in [6, 6.07) is 11.3. The molecule has 7 nitrogen and oxygen atoms in total. The van der Waals surface area contributed by atoms with E-state index in [1.165, 1.54) is 16.4 Å². The molecule has 0 bridgehead atoms. The second kappa shape index (κ2) is 7.25. The molecular formula is C18H19N5O2S. The lowest BCUT2D eigenvalue weighted by atomic mass is 10.1. The molecule has 0 radical (unpaired) electrons. The summed E-state index contributed by atoms with van der Waals surface area (Å²) in [6.45, 7) is 1.72. The molecule has 134 valence electrons. The molecule has 1 aliphatic heterocycles. The zero-order valence-corrected chi connectivity index (χ0v) is 15.0. The van der Waals surface area contributed by atoms with Crippen LogP contribution in [-0.2, 0) is 5.75 Å². The molecule has 0 atom stereocenters. The summed E-state index contributed by atoms with van der Waals surface area (Å²) >= 11 is 1.49. The molecule has 2 aromatic heterocycles. The van der Waals surface area contributed by atoms with Crippen molar-refractivity contribution in [1.29, 1.82) is 0 Å². The summed E-state index contributed by atoms with van der Waals surface area (Å²) in [5.41, 5.74) is 1.83. The maximum Gasteiger partial charge on any atom is 0.253 e. The normalized spacial score (nSPS) is 14.1. The highest BCUT2D eigenvalue weighted by Crippen LogP contribution is 2.25. The number of furan rings is 1. The summed E-state index contributed by atoms with van der Waals surface area (Å²) in [4.78, 5) is 14.3. The van der Waals surface area contributed by atoms with Crippen LogP contribution in [-0.4, -0.2) is 38.8 Å². The van der Waals surface area contributed by atoms with Gasteiger partial charge < -0.3 is 15.2 Å². The minimum Gasteiger partial charge on any atom is -0.461 e. The van der Waals surface area contributed by atoms with Crippen LogP contribution in [0.3, 0.4) is 0 Å². The third-order valence-corrected chi connectivity index (χ3v) is 5.38. The number of aromatic nitrogens is 3. The first-order chi connectivity index (χ1) is 12.7. The van der Waals surface area contributed by atoms with Crippen LogP contribution < -0.4 is 5.84 Å². The Balaban J connectivity index is 1.40. The van der Waals surface area contributed by atoms with Gasteiger partial charge in [0.1, 0.15) is 0 Å². The Bertz CT molecular complexity index is 883. The summed E-state index contributed by atoms with van der Waals surface area (Å²) in [7, 11) is 0. The Morgan fingerprint density at radius 1 is 1.15 bits per heavy atom. The molecule has 26 heavy (non-hydrogen) atoms. The number of likely N-dealkylation sites (tertiary alicyclic amines) is 1. The van der Waals surface area contributed by atoms with E-state index in [9.17, 15) is 4.79 Å². The number of amides is 1. The molecule has 3 heterocycles. The number of rotatable bonds is 5. The topological polar surface area (TPSA) is 90.2 Å². The molecule has 4 rings (SSSR count). The molecule has 0 unspecified atom stereocenters. The van der Waals surface area contributed by atoms with E-state index in [2.05, 4.69) is 10.2 Å². The predicted molar refractivity (Wildman–Crippen MR) is 99.0 cm³/mol. The Labute approximate surface area is 155 Å². The van der Waals surface area contributed by atoms with Gasteiger partial charge in [0.25, 0.3) is 5.91 Å². The fourth-order valence-electron chi connectivity index (χ4n) is 2.94. The van der Waals surface area contributed by atoms with Crippen LogP contribution >= 0.6 is 11.8 Å². The predicted octanol–water partition coefficient (Wildman–Crippen LogP) is 2.78. The van der Waals surface area contributed by atoms with E-state index in [4.69, 9.17) is 10.3 Å². The molecule has 1 amide bonds. The van der Waals surface area contributed by atoms with E-state index in [0.29, 0.717) is 22.5 Å². The van der Waals surface area contributed by atoms with Gasteiger partial charge in [-0.05, 0) is 42.7 Å². The molecule has 0 aliphatic carbocycles. The maximum atomic E-state index is 12.4. The highest BCUT2D eigenvalue weighted by atomic mass is 32.2. The summed E-state index contributed by atoms with van der Waals surface area (Å²) in [5, 5.41) is 8.80. The number of nitrogen functional groups attached to an aromatic ring is 1. The van der Waals surface area contributed by atoms with Crippen LogP contribution in [0.1, 0.15) is 28.8 Å². The second-order valence-corrected chi connectivity index (χ2v) is 7.08. The van der Waals surface area contributed by atoms with Crippen molar-refractivity contribution < 1.29 is 9.21 Å². The van der Waals surface area contributed by atoms with Gasteiger partial charge in [0.2, 0.25) is 11.0 Å². The zero-order valence-electron chi connectivity index (χ0n) is 14.2. The monoisotopic (exact) mass is 369 g/mol. The largest absolute Gasteiger partial charge is 0.461 e. The fraction of sp³-hybridized carbons (Fsp3) is 0.278. The van der Waals surface area contributed by atoms with Crippen molar-refractivity contribution in [3.05, 3.63) is 53.8 Å². The standard InChI is InChI=1S/C18H19N5O2S/c19-23-16(15-4-3-11-25-15)20-21-18(23)26-12-13-5-7-14(8-6-13)17(24)22-9-1-2-10-22/h3-8,11H,1-2,9-10,12,19H2. The zero-order chi connectivity index (χ0) is 17.9. The average Bonchev–Trinajstić information content (AvgIpc) is 3.42. The number of nitrogens with zero attached hydrogens (tertiary/aromatic N) is 4. The number of hydrogen-bond acceptors (Lipinski definition) is 6. The van der Waals surface area contributed by atoms with Crippen molar-refractivity contribution >= 4 is 17.7 Å². The highest BCUT2D eigenvalue weighted by molar-refractivity contribution is 7.98. The molecule has 0 saturated carbocycles. The van der Waals surface area contributed by atoms with Gasteiger partial charge in [-0.3, -0.25) is 4.79 Å². The molecule has 1 fully saturated rings. The van der Waals surface area contributed by atoms with Gasteiger partial charge in [-0.1, -0.05) is 23.9 Å². The Hall–Kier alpha value is -2.74. The quantitative estimate of drug-likeness (QED) is 0.549. The summed E-state index contributed by atoms with van der Waals surface area (Å²) in [6.07, 6.45) is 3.77. The van der Waals surface area contributed by atoms with Crippen LogP contribution in [0, 0.1) is 0 Å². The number of thioether (sulfide) groups is 1. The average molecular weight is 369 g/mol. The van der Waals surface area contributed by atoms with Gasteiger partial charge >= 0.3 is 0 Å². The number of nitrogens with two attached hydrogens (primary N) is 1. The molecule has 3 aromatic rings. The van der Waals surface area contributed by atoms with Crippen molar-refractivity contribution in [2.45, 2.75) is 23.8 Å². The fourth-order valence-corrected chi connectivity index (χ4v) is 3.76. The SMILES string of the molecule is Nn1c(SCc2ccc(C(=O)N3CCCC3)cc2)nnc1-c1ccco1. The molecule has 0 spiro atoms. The van der Waals surface area contributed by atoms with Crippen molar-refractivity contribution in [1.82, 2.24) is 19.8 Å². The van der Waals surface area contributed by atoms with Crippen molar-refractivity contribution in [2.24, 2.45) is 0 Å². The lowest BCUT2D eigenvalue weighted by Crippen LogP contribution is -2.27. The highest BCUT2D eigenvalue weighted by Gasteiger charge is 2.19. The summed E-state index contributed by atoms with van der Waals surface area (Å²) in [5.74, 6) is 7.93. The van der Waals surface area contributed by atoms with E-state index in [0.717, 1.165) is 37.1 Å². The maximum absolute atomic E-state index is 12.4. The lowest BCUT2D eigenvalue weighted by molar-refractivity contribution is 0.0793. The number of hydrogen-bond donors (Lipinski definition) is 1. The van der Waals surface area contributed by atoms with Crippen molar-refractivity contribution in [2.75, 3.05) is 18.9 Å². The molecule has 2 N–H and O–H groups in total. The molecule has 1 aliphatic rings. The van der Waals surface area contributed by atoms with Crippen LogP contribution in [0.4, 0.5) is 0 Å². The molecule has 8 heteroatoms. The molecule has 1 saturated heterocycles. The van der Waals surface area contributed by atoms with E-state index in [1.54, 1.807) is 18.4 Å². The third kappa shape index (κ3) is 3.32. The first-order valence-electron chi connectivity index (χ1n) is 8.48. The van der Waals surface area contributed by atoms with Gasteiger partial charge in [-0.2, -0.15) is 0 Å². The van der Waals surface area contributed by atoms with Crippen LogP contribution in [0.2, 0.25) is 0 Å². The van der Waals surface area contributed by atoms with E-state index < -0.39 is 0 Å². The molecular weight excluding hydrogens is 350 g/mol. The van der Waals surface area contributed by atoms with Gasteiger partial charge in [-0.25, -0.2) is 4.68 Å². The third-order valence-electron chi connectivity index (χ3n) is 4.37. The second-order valence-electron chi connectivity index (χ2n) is 6.14. The van der Waals surface area contributed by atoms with Gasteiger partial charge in [0, 0.05) is 24.4 Å². The summed E-state index contributed by atoms with van der Waals surface area (Å²) < 4.78 is 6.73. The number of carbonyl (C=O) groups excluding carboxylic acids is 1. The lowest BCUT2D eigenvalue weighted by Gasteiger charge is -2.15. The first kappa shape index (κ1) is 16.7. The van der Waals surface area contributed by atoms with Crippen molar-refractivity contribution in [3.8, 4) is 11.6 Å². The molecule has 1 aromatic carbocycles. The Morgan fingerprint density at radius 2 is 1.92 bits per heavy atom.